The van der Waals surface area contributed by atoms with E-state index in [-0.39, 0.29) is 54.6 Å². The molecule has 2 aliphatic rings. The average molecular weight is 542 g/mol. The van der Waals surface area contributed by atoms with Gasteiger partial charge in [0.15, 0.2) is 0 Å². The predicted molar refractivity (Wildman–Crippen MR) is 151 cm³/mol. The number of nitrogens with one attached hydrogen (secondary N) is 1. The molecular weight excluding hydrogens is 502 g/mol. The maximum Gasteiger partial charge on any atom is 0.306 e. The molecule has 1 amide bonds. The molecule has 1 saturated heterocycles. The highest BCUT2D eigenvalue weighted by Gasteiger charge is 2.40. The molecule has 1 heterocycles. The number of aryl methyl sites for hydroxylation is 1. The number of carbonyl (C=O) groups is 2. The van der Waals surface area contributed by atoms with Crippen molar-refractivity contribution in [2.75, 3.05) is 20.3 Å². The van der Waals surface area contributed by atoms with Crippen LogP contribution in [0.15, 0.2) is 54.6 Å². The van der Waals surface area contributed by atoms with Gasteiger partial charge in [0.1, 0.15) is 5.84 Å². The zero-order valence-electron chi connectivity index (χ0n) is 22.1. The number of methoxy groups -OCH3 is 1. The van der Waals surface area contributed by atoms with E-state index < -0.39 is 0 Å². The summed E-state index contributed by atoms with van der Waals surface area (Å²) in [5.41, 5.74) is 8.89. The van der Waals surface area contributed by atoms with Crippen LogP contribution < -0.4 is 5.73 Å². The molecule has 1 aliphatic carbocycles. The minimum Gasteiger partial charge on any atom is -0.469 e. The van der Waals surface area contributed by atoms with E-state index in [9.17, 15) is 9.59 Å². The van der Waals surface area contributed by atoms with E-state index >= 15 is 0 Å². The topological polar surface area (TPSA) is 106 Å². The smallest absolute Gasteiger partial charge is 0.306 e. The van der Waals surface area contributed by atoms with Crippen molar-refractivity contribution in [1.29, 1.82) is 5.41 Å². The van der Waals surface area contributed by atoms with E-state index in [1.54, 1.807) is 0 Å². The second-order valence-corrected chi connectivity index (χ2v) is 10.3. The number of nitrogens with zero attached hydrogens (tertiary/aromatic N) is 1. The molecule has 7 nitrogen and oxygen atoms in total. The number of benzene rings is 2. The van der Waals surface area contributed by atoms with E-state index in [1.807, 2.05) is 35.2 Å². The van der Waals surface area contributed by atoms with Crippen LogP contribution in [0, 0.1) is 11.3 Å². The fraction of sp³-hybridized carbons (Fsp3) is 0.500. The standard InChI is InChI=1S/C30H39N3O4.ClH/c1-36-28(34)19-25-18-26(33(30(25)35)17-5-8-21-6-3-2-4-7-21)20-37-27-15-13-23(14-16-27)22-9-11-24(12-10-22)29(31)32;/h2-4,6-7,9-12,23,25-27H,5,8,13-20H2,1H3,(H3,31,32);1H/t23-,25-,26-,27-;/m0./s1. The van der Waals surface area contributed by atoms with Crippen LogP contribution in [0.25, 0.3) is 0 Å². The molecule has 1 aliphatic heterocycles. The molecule has 2 atom stereocenters. The lowest BCUT2D eigenvalue weighted by molar-refractivity contribution is -0.145. The Bertz CT molecular complexity index is 1050. The molecule has 8 heteroatoms. The van der Waals surface area contributed by atoms with Crippen molar-refractivity contribution < 1.29 is 19.1 Å². The predicted octanol–water partition coefficient (Wildman–Crippen LogP) is 4.85. The van der Waals surface area contributed by atoms with Gasteiger partial charge < -0.3 is 20.1 Å². The molecule has 0 bridgehead atoms. The summed E-state index contributed by atoms with van der Waals surface area (Å²) in [6.45, 7) is 1.18. The monoisotopic (exact) mass is 541 g/mol. The fourth-order valence-corrected chi connectivity index (χ4v) is 5.72. The second kappa shape index (κ2) is 14.3. The van der Waals surface area contributed by atoms with Crippen molar-refractivity contribution in [3.05, 3.63) is 71.3 Å². The van der Waals surface area contributed by atoms with Crippen molar-refractivity contribution in [1.82, 2.24) is 4.90 Å². The molecule has 0 radical (unpaired) electrons. The summed E-state index contributed by atoms with van der Waals surface area (Å²) >= 11 is 0. The number of carbonyl (C=O) groups excluding carboxylic acids is 2. The quantitative estimate of drug-likeness (QED) is 0.240. The van der Waals surface area contributed by atoms with Crippen LogP contribution in [-0.4, -0.2) is 55.0 Å². The summed E-state index contributed by atoms with van der Waals surface area (Å²) in [6.07, 6.45) is 6.83. The molecule has 2 aromatic rings. The molecule has 38 heavy (non-hydrogen) atoms. The van der Waals surface area contributed by atoms with Crippen LogP contribution in [0.5, 0.6) is 0 Å². The highest BCUT2D eigenvalue weighted by molar-refractivity contribution is 5.94. The van der Waals surface area contributed by atoms with Gasteiger partial charge in [-0.05, 0) is 62.0 Å². The maximum atomic E-state index is 13.2. The lowest BCUT2D eigenvalue weighted by Gasteiger charge is -2.31. The largest absolute Gasteiger partial charge is 0.469 e. The third-order valence-electron chi connectivity index (χ3n) is 7.87. The third-order valence-corrected chi connectivity index (χ3v) is 7.87. The normalized spacial score (nSPS) is 23.1. The van der Waals surface area contributed by atoms with E-state index in [4.69, 9.17) is 20.6 Å². The Labute approximate surface area is 232 Å². The Morgan fingerprint density at radius 2 is 1.74 bits per heavy atom. The van der Waals surface area contributed by atoms with Gasteiger partial charge in [-0.3, -0.25) is 15.0 Å². The summed E-state index contributed by atoms with van der Waals surface area (Å²) in [4.78, 5) is 27.0. The zero-order chi connectivity index (χ0) is 26.2. The van der Waals surface area contributed by atoms with E-state index in [1.165, 1.54) is 18.2 Å². The third kappa shape index (κ3) is 7.81. The number of hydrogen-bond acceptors (Lipinski definition) is 5. The van der Waals surface area contributed by atoms with Gasteiger partial charge in [-0.25, -0.2) is 0 Å². The first-order valence-electron chi connectivity index (χ1n) is 13.4. The summed E-state index contributed by atoms with van der Waals surface area (Å²) in [6, 6.07) is 18.3. The highest BCUT2D eigenvalue weighted by Crippen LogP contribution is 2.35. The van der Waals surface area contributed by atoms with Crippen LogP contribution in [-0.2, 0) is 25.5 Å². The number of hydrogen-bond donors (Lipinski definition) is 2. The van der Waals surface area contributed by atoms with Crippen LogP contribution in [0.4, 0.5) is 0 Å². The van der Waals surface area contributed by atoms with Crippen molar-refractivity contribution in [2.45, 2.75) is 69.4 Å². The van der Waals surface area contributed by atoms with Gasteiger partial charge in [0.05, 0.1) is 38.2 Å². The number of esters is 1. The Kier molecular flexibility index (Phi) is 11.2. The Morgan fingerprint density at radius 3 is 2.37 bits per heavy atom. The van der Waals surface area contributed by atoms with Crippen LogP contribution in [0.2, 0.25) is 0 Å². The first-order chi connectivity index (χ1) is 17.9. The molecule has 3 N–H and O–H groups in total. The molecule has 2 aromatic carbocycles. The summed E-state index contributed by atoms with van der Waals surface area (Å²) in [7, 11) is 1.37. The van der Waals surface area contributed by atoms with Crippen LogP contribution in [0.1, 0.15) is 67.6 Å². The van der Waals surface area contributed by atoms with E-state index in [0.29, 0.717) is 25.5 Å². The van der Waals surface area contributed by atoms with Gasteiger partial charge in [-0.15, -0.1) is 12.4 Å². The van der Waals surface area contributed by atoms with Gasteiger partial charge in [0.2, 0.25) is 5.91 Å². The maximum absolute atomic E-state index is 13.2. The van der Waals surface area contributed by atoms with Crippen LogP contribution in [0.3, 0.4) is 0 Å². The van der Waals surface area contributed by atoms with E-state index in [2.05, 4.69) is 24.3 Å². The molecule has 0 aromatic heterocycles. The number of likely N-dealkylation sites (tertiary alicyclic amines) is 1. The van der Waals surface area contributed by atoms with Gasteiger partial charge >= 0.3 is 5.97 Å². The number of amidine groups is 1. The van der Waals surface area contributed by atoms with Crippen molar-refractivity contribution in [3.63, 3.8) is 0 Å². The number of amides is 1. The van der Waals surface area contributed by atoms with Gasteiger partial charge in [-0.1, -0.05) is 54.6 Å². The minimum atomic E-state index is -0.334. The molecule has 2 fully saturated rings. The molecule has 4 rings (SSSR count). The molecule has 0 spiro atoms. The lowest BCUT2D eigenvalue weighted by atomic mass is 9.82. The van der Waals surface area contributed by atoms with Crippen molar-refractivity contribution in [2.24, 2.45) is 11.7 Å². The number of nitrogen functional groups attached to an aromatic ring is 1. The van der Waals surface area contributed by atoms with Gasteiger partial charge in [-0.2, -0.15) is 0 Å². The highest BCUT2D eigenvalue weighted by atomic mass is 35.5. The second-order valence-electron chi connectivity index (χ2n) is 10.3. The van der Waals surface area contributed by atoms with Gasteiger partial charge in [0, 0.05) is 12.1 Å². The molecule has 0 unspecified atom stereocenters. The van der Waals surface area contributed by atoms with E-state index in [0.717, 1.165) is 44.1 Å². The first kappa shape index (κ1) is 29.7. The Morgan fingerprint density at radius 1 is 1.05 bits per heavy atom. The summed E-state index contributed by atoms with van der Waals surface area (Å²) in [5, 5.41) is 7.57. The average Bonchev–Trinajstić information content (AvgIpc) is 3.22. The number of rotatable bonds is 11. The molecule has 1 saturated carbocycles. The molecular formula is C30H40ClN3O4. The summed E-state index contributed by atoms with van der Waals surface area (Å²) in [5.74, 6) is -0.0279. The minimum absolute atomic E-state index is 0. The SMILES string of the molecule is COC(=O)C[C@@H]1C[C@@H](CO[C@H]2CC[C@H](c3ccc(C(=N)N)cc3)CC2)N(CCCc2ccccc2)C1=O.Cl. The molecule has 206 valence electrons. The lowest BCUT2D eigenvalue weighted by Crippen LogP contribution is -2.39. The summed E-state index contributed by atoms with van der Waals surface area (Å²) < 4.78 is 11.2. The first-order valence-corrected chi connectivity index (χ1v) is 13.4. The Hall–Kier alpha value is -2.90. The van der Waals surface area contributed by atoms with Crippen LogP contribution >= 0.6 is 12.4 Å². The fourth-order valence-electron chi connectivity index (χ4n) is 5.72. The number of halogens is 1. The number of ether oxygens (including phenoxy) is 2. The van der Waals surface area contributed by atoms with Crippen molar-refractivity contribution in [3.8, 4) is 0 Å². The Balaban J connectivity index is 0.00000400. The van der Waals surface area contributed by atoms with Gasteiger partial charge in [0.25, 0.3) is 0 Å². The zero-order valence-corrected chi connectivity index (χ0v) is 23.0. The number of nitrogens with two attached hydrogens (primary N) is 1. The van der Waals surface area contributed by atoms with Crippen molar-refractivity contribution >= 4 is 30.1 Å².